The number of carbonyl (C=O) groups excluding carboxylic acids is 1. The predicted molar refractivity (Wildman–Crippen MR) is 86.9 cm³/mol. The van der Waals surface area contributed by atoms with Crippen molar-refractivity contribution < 1.29 is 9.90 Å². The van der Waals surface area contributed by atoms with Crippen LogP contribution in [0.5, 0.6) is 5.75 Å². The molecule has 2 aromatic carbocycles. The van der Waals surface area contributed by atoms with E-state index in [-0.39, 0.29) is 5.39 Å². The van der Waals surface area contributed by atoms with Gasteiger partial charge in [0.25, 0.3) is 16.9 Å². The monoisotopic (exact) mass is 308 g/mol. The second-order valence-corrected chi connectivity index (χ2v) is 4.87. The van der Waals surface area contributed by atoms with E-state index in [1.54, 1.807) is 48.5 Å². The van der Waals surface area contributed by atoms with E-state index in [4.69, 9.17) is 0 Å². The van der Waals surface area contributed by atoms with Crippen LogP contribution in [0.15, 0.2) is 64.2 Å². The molecule has 0 aliphatic carbocycles. The van der Waals surface area contributed by atoms with Gasteiger partial charge in [0.2, 0.25) is 0 Å². The maximum Gasteiger partial charge on any atom is 0.298 e. The molecule has 114 valence electrons. The molecule has 3 aromatic rings. The first kappa shape index (κ1) is 14.5. The number of aromatic nitrogens is 1. The first-order valence-electron chi connectivity index (χ1n) is 6.82. The summed E-state index contributed by atoms with van der Waals surface area (Å²) in [5, 5.41) is 12.9. The minimum absolute atomic E-state index is 0.259. The number of aromatic hydroxyl groups is 1. The summed E-state index contributed by atoms with van der Waals surface area (Å²) in [5.41, 5.74) is -1.78. The van der Waals surface area contributed by atoms with Crippen LogP contribution in [0.3, 0.4) is 0 Å². The molecule has 0 saturated heterocycles. The van der Waals surface area contributed by atoms with Crippen LogP contribution in [-0.2, 0) is 0 Å². The van der Waals surface area contributed by atoms with Gasteiger partial charge in [-0.05, 0) is 24.3 Å². The van der Waals surface area contributed by atoms with Crippen molar-refractivity contribution in [1.29, 1.82) is 0 Å². The highest BCUT2D eigenvalue weighted by molar-refractivity contribution is 6.06. The molecule has 0 fully saturated rings. The minimum atomic E-state index is -1.01. The minimum Gasteiger partial charge on any atom is -0.505 e. The number of H-pyrrole nitrogens is 1. The van der Waals surface area contributed by atoms with Gasteiger partial charge in [0.05, 0.1) is 5.52 Å². The van der Waals surface area contributed by atoms with E-state index in [0.29, 0.717) is 11.1 Å². The lowest BCUT2D eigenvalue weighted by atomic mass is 10.2. The summed E-state index contributed by atoms with van der Waals surface area (Å²) in [6, 6.07) is 14.6. The number of rotatable bonds is 2. The van der Waals surface area contributed by atoms with Crippen LogP contribution in [0.25, 0.3) is 10.9 Å². The lowest BCUT2D eigenvalue weighted by Gasteiger charge is -2.05. The second kappa shape index (κ2) is 5.76. The van der Waals surface area contributed by atoms with Crippen LogP contribution < -0.4 is 16.3 Å². The molecule has 0 spiro atoms. The van der Waals surface area contributed by atoms with Crippen LogP contribution in [0.1, 0.15) is 10.4 Å². The third-order valence-corrected chi connectivity index (χ3v) is 3.37. The van der Waals surface area contributed by atoms with Gasteiger partial charge in [0.15, 0.2) is 5.75 Å². The molecule has 0 radical (unpaired) electrons. The molecule has 0 aliphatic heterocycles. The number of benzene rings is 2. The fourth-order valence-electron chi connectivity index (χ4n) is 2.22. The lowest BCUT2D eigenvalue weighted by Crippen LogP contribution is -2.28. The maximum absolute atomic E-state index is 12.2. The predicted octanol–water partition coefficient (Wildman–Crippen LogP) is 1.85. The Morgan fingerprint density at radius 2 is 1.61 bits per heavy atom. The Kier molecular flexibility index (Phi) is 3.64. The van der Waals surface area contributed by atoms with Crippen molar-refractivity contribution in [2.75, 3.05) is 5.32 Å². The number of amides is 1. The van der Waals surface area contributed by atoms with Gasteiger partial charge in [0.1, 0.15) is 5.69 Å². The summed E-state index contributed by atoms with van der Waals surface area (Å²) >= 11 is 0. The van der Waals surface area contributed by atoms with Crippen LogP contribution >= 0.6 is 0 Å². The van der Waals surface area contributed by atoms with E-state index in [2.05, 4.69) is 10.3 Å². The van der Waals surface area contributed by atoms with Gasteiger partial charge in [-0.25, -0.2) is 0 Å². The van der Waals surface area contributed by atoms with Crippen molar-refractivity contribution in [2.24, 2.45) is 0 Å². The van der Waals surface area contributed by atoms with Gasteiger partial charge in [-0.1, -0.05) is 30.3 Å². The van der Waals surface area contributed by atoms with Crippen LogP contribution in [0.4, 0.5) is 5.69 Å². The molecular formula is C17H12N2O4. The normalized spacial score (nSPS) is 10.4. The summed E-state index contributed by atoms with van der Waals surface area (Å²) < 4.78 is 0. The standard InChI is InChI=1S/C17H12N2O4/c20-14-11-8-4-5-9-12(11)18-17(23)15(21)13(14)19-16(22)10-6-2-1-3-7-10/h1-9H,(H3,18,19,20,21,22,23). The number of fused-ring (bicyclic) bond motifs is 1. The van der Waals surface area contributed by atoms with Crippen molar-refractivity contribution in [3.8, 4) is 5.75 Å². The van der Waals surface area contributed by atoms with Gasteiger partial charge in [-0.2, -0.15) is 0 Å². The topological polar surface area (TPSA) is 99.3 Å². The third-order valence-electron chi connectivity index (χ3n) is 3.37. The molecule has 3 rings (SSSR count). The molecule has 0 atom stereocenters. The number of carbonyl (C=O) groups is 1. The highest BCUT2D eigenvalue weighted by Crippen LogP contribution is 2.26. The Hall–Kier alpha value is -3.41. The zero-order valence-electron chi connectivity index (χ0n) is 11.9. The molecule has 1 amide bonds. The Bertz CT molecular complexity index is 1010. The number of hydrogen-bond acceptors (Lipinski definition) is 4. The van der Waals surface area contributed by atoms with Gasteiger partial charge in [-0.15, -0.1) is 0 Å². The SMILES string of the molecule is O=C(Nc1c(O)c2ccccc2[nH]c(=O)c1=O)c1ccccc1. The summed E-state index contributed by atoms with van der Waals surface area (Å²) in [7, 11) is 0. The summed E-state index contributed by atoms with van der Waals surface area (Å²) in [6.07, 6.45) is 0. The number of nitrogens with one attached hydrogen (secondary N) is 2. The van der Waals surface area contributed by atoms with Crippen molar-refractivity contribution in [2.45, 2.75) is 0 Å². The van der Waals surface area contributed by atoms with Gasteiger partial charge in [-0.3, -0.25) is 14.4 Å². The first-order chi connectivity index (χ1) is 11.1. The van der Waals surface area contributed by atoms with Crippen molar-refractivity contribution >= 4 is 22.5 Å². The fraction of sp³-hybridized carbons (Fsp3) is 0. The Balaban J connectivity index is 2.20. The van der Waals surface area contributed by atoms with Crippen molar-refractivity contribution in [3.05, 3.63) is 80.7 Å². The smallest absolute Gasteiger partial charge is 0.298 e. The number of para-hydroxylation sites is 1. The molecule has 1 aromatic heterocycles. The lowest BCUT2D eigenvalue weighted by molar-refractivity contribution is 0.102. The van der Waals surface area contributed by atoms with Crippen LogP contribution in [0.2, 0.25) is 0 Å². The van der Waals surface area contributed by atoms with E-state index in [0.717, 1.165) is 0 Å². The van der Waals surface area contributed by atoms with E-state index < -0.39 is 28.3 Å². The second-order valence-electron chi connectivity index (χ2n) is 4.87. The molecule has 0 aliphatic rings. The van der Waals surface area contributed by atoms with Crippen LogP contribution in [0, 0.1) is 0 Å². The van der Waals surface area contributed by atoms with Gasteiger partial charge in [0, 0.05) is 10.9 Å². The molecule has 1 heterocycles. The molecule has 6 nitrogen and oxygen atoms in total. The van der Waals surface area contributed by atoms with Gasteiger partial charge < -0.3 is 15.4 Å². The van der Waals surface area contributed by atoms with Crippen LogP contribution in [-0.4, -0.2) is 16.0 Å². The molecule has 6 heteroatoms. The average Bonchev–Trinajstić information content (AvgIpc) is 2.67. The zero-order chi connectivity index (χ0) is 16.4. The maximum atomic E-state index is 12.2. The quantitative estimate of drug-likeness (QED) is 0.629. The van der Waals surface area contributed by atoms with Crippen molar-refractivity contribution in [3.63, 3.8) is 0 Å². The summed E-state index contributed by atoms with van der Waals surface area (Å²) in [6.45, 7) is 0. The van der Waals surface area contributed by atoms with Crippen molar-refractivity contribution in [1.82, 2.24) is 4.98 Å². The van der Waals surface area contributed by atoms with Gasteiger partial charge >= 0.3 is 0 Å². The summed E-state index contributed by atoms with van der Waals surface area (Å²) in [4.78, 5) is 38.6. The molecular weight excluding hydrogens is 296 g/mol. The molecule has 23 heavy (non-hydrogen) atoms. The third kappa shape index (κ3) is 2.69. The molecule has 0 saturated carbocycles. The molecule has 3 N–H and O–H groups in total. The largest absolute Gasteiger partial charge is 0.505 e. The molecule has 0 unspecified atom stereocenters. The Morgan fingerprint density at radius 3 is 2.35 bits per heavy atom. The number of hydrogen-bond donors (Lipinski definition) is 3. The van der Waals surface area contributed by atoms with E-state index >= 15 is 0 Å². The van der Waals surface area contributed by atoms with E-state index in [1.165, 1.54) is 6.07 Å². The fourth-order valence-corrected chi connectivity index (χ4v) is 2.22. The summed E-state index contributed by atoms with van der Waals surface area (Å²) in [5.74, 6) is -1.04. The average molecular weight is 308 g/mol. The number of anilines is 1. The first-order valence-corrected chi connectivity index (χ1v) is 6.82. The number of aromatic amines is 1. The Morgan fingerprint density at radius 1 is 0.957 bits per heavy atom. The highest BCUT2D eigenvalue weighted by atomic mass is 16.3. The van der Waals surface area contributed by atoms with E-state index in [1.807, 2.05) is 0 Å². The molecule has 0 bridgehead atoms. The van der Waals surface area contributed by atoms with E-state index in [9.17, 15) is 19.5 Å². The Labute approximate surface area is 130 Å². The zero-order valence-corrected chi connectivity index (χ0v) is 11.9. The highest BCUT2D eigenvalue weighted by Gasteiger charge is 2.15.